The molecule has 0 spiro atoms. The molecule has 1 heterocycles. The second-order valence-electron chi connectivity index (χ2n) is 6.18. The van der Waals surface area contributed by atoms with Crippen LogP contribution in [0.2, 0.25) is 0 Å². The predicted molar refractivity (Wildman–Crippen MR) is 117 cm³/mol. The molecule has 0 aromatic heterocycles. The predicted octanol–water partition coefficient (Wildman–Crippen LogP) is 2.66. The number of rotatable bonds is 4. The summed E-state index contributed by atoms with van der Waals surface area (Å²) in [5.41, 5.74) is 7.32. The van der Waals surface area contributed by atoms with Crippen LogP contribution in [0.5, 0.6) is 0 Å². The van der Waals surface area contributed by atoms with Crippen molar-refractivity contribution in [1.82, 2.24) is 4.90 Å². The molecule has 3 rings (SSSR count). The van der Waals surface area contributed by atoms with Gasteiger partial charge in [0, 0.05) is 37.6 Å². The van der Waals surface area contributed by atoms with Crippen molar-refractivity contribution in [3.05, 3.63) is 60.2 Å². The molecule has 1 amide bonds. The summed E-state index contributed by atoms with van der Waals surface area (Å²) in [5, 5.41) is 2.58. The Morgan fingerprint density at radius 1 is 1.04 bits per heavy atom. The smallest absolute Gasteiger partial charge is 0.246 e. The number of anilines is 2. The average molecular weight is 501 g/mol. The van der Waals surface area contributed by atoms with Crippen LogP contribution in [0.3, 0.4) is 0 Å². The number of piperazine rings is 1. The molecule has 150 valence electrons. The van der Waals surface area contributed by atoms with Gasteiger partial charge in [-0.3, -0.25) is 4.79 Å². The first-order valence-corrected chi connectivity index (χ1v) is 8.62. The second kappa shape index (κ2) is 10.2. The molecular formula is C19H22F2IN5O. The third-order valence-corrected chi connectivity index (χ3v) is 4.29. The summed E-state index contributed by atoms with van der Waals surface area (Å²) in [6, 6.07) is 12.0. The molecule has 9 heteroatoms. The van der Waals surface area contributed by atoms with Crippen LogP contribution in [0, 0.1) is 11.6 Å². The molecule has 0 unspecified atom stereocenters. The standard InChI is InChI=1S/C19H21F2N5O.HI/c20-14-4-6-17(7-5-14)25-8-10-26(11-9-25)19(22)23-13-18(27)24-16-3-1-2-15(21)12-16;/h1-7,12H,8-11,13H2,(H2,22,23)(H,24,27);1H. The first-order valence-electron chi connectivity index (χ1n) is 8.62. The van der Waals surface area contributed by atoms with Crippen LogP contribution in [0.25, 0.3) is 0 Å². The Labute approximate surface area is 179 Å². The first-order chi connectivity index (χ1) is 13.0. The lowest BCUT2D eigenvalue weighted by molar-refractivity contribution is -0.114. The van der Waals surface area contributed by atoms with E-state index in [2.05, 4.69) is 15.2 Å². The van der Waals surface area contributed by atoms with E-state index < -0.39 is 5.82 Å². The van der Waals surface area contributed by atoms with Gasteiger partial charge >= 0.3 is 0 Å². The number of hydrogen-bond acceptors (Lipinski definition) is 3. The topological polar surface area (TPSA) is 74.0 Å². The zero-order chi connectivity index (χ0) is 19.2. The lowest BCUT2D eigenvalue weighted by Crippen LogP contribution is -2.51. The van der Waals surface area contributed by atoms with Gasteiger partial charge in [0.2, 0.25) is 5.91 Å². The molecule has 0 aliphatic carbocycles. The van der Waals surface area contributed by atoms with Gasteiger partial charge in [-0.15, -0.1) is 24.0 Å². The molecule has 1 aliphatic rings. The molecule has 0 atom stereocenters. The van der Waals surface area contributed by atoms with Crippen LogP contribution in [-0.4, -0.2) is 49.5 Å². The third kappa shape index (κ3) is 6.04. The Morgan fingerprint density at radius 3 is 2.36 bits per heavy atom. The van der Waals surface area contributed by atoms with E-state index in [0.717, 1.165) is 18.8 Å². The van der Waals surface area contributed by atoms with E-state index in [0.29, 0.717) is 24.7 Å². The van der Waals surface area contributed by atoms with E-state index in [1.165, 1.54) is 30.3 Å². The molecule has 1 aliphatic heterocycles. The van der Waals surface area contributed by atoms with Gasteiger partial charge in [0.05, 0.1) is 0 Å². The Bertz CT molecular complexity index is 823. The number of carbonyl (C=O) groups excluding carboxylic acids is 1. The summed E-state index contributed by atoms with van der Waals surface area (Å²) < 4.78 is 26.1. The van der Waals surface area contributed by atoms with Crippen LogP contribution >= 0.6 is 24.0 Å². The van der Waals surface area contributed by atoms with E-state index >= 15 is 0 Å². The van der Waals surface area contributed by atoms with Gasteiger partial charge in [-0.2, -0.15) is 0 Å². The number of halogens is 3. The van der Waals surface area contributed by atoms with E-state index in [1.807, 2.05) is 4.90 Å². The van der Waals surface area contributed by atoms with E-state index in [1.54, 1.807) is 18.2 Å². The number of benzene rings is 2. The highest BCUT2D eigenvalue weighted by atomic mass is 127. The Kier molecular flexibility index (Phi) is 7.97. The maximum atomic E-state index is 13.1. The largest absolute Gasteiger partial charge is 0.370 e. The maximum absolute atomic E-state index is 13.1. The second-order valence-corrected chi connectivity index (χ2v) is 6.18. The van der Waals surface area contributed by atoms with Crippen molar-refractivity contribution in [2.45, 2.75) is 0 Å². The highest BCUT2D eigenvalue weighted by molar-refractivity contribution is 14.0. The van der Waals surface area contributed by atoms with Gasteiger partial charge in [-0.25, -0.2) is 13.8 Å². The fraction of sp³-hybridized carbons (Fsp3) is 0.263. The van der Waals surface area contributed by atoms with Crippen LogP contribution < -0.4 is 16.0 Å². The monoisotopic (exact) mass is 501 g/mol. The Morgan fingerprint density at radius 2 is 1.71 bits per heavy atom. The lowest BCUT2D eigenvalue weighted by Gasteiger charge is -2.36. The number of nitrogens with two attached hydrogens (primary N) is 1. The number of carbonyl (C=O) groups is 1. The minimum atomic E-state index is -0.421. The van der Waals surface area contributed by atoms with E-state index in [4.69, 9.17) is 5.73 Å². The van der Waals surface area contributed by atoms with Gasteiger partial charge in [0.25, 0.3) is 0 Å². The molecule has 2 aromatic carbocycles. The highest BCUT2D eigenvalue weighted by Crippen LogP contribution is 2.16. The fourth-order valence-corrected chi connectivity index (χ4v) is 2.87. The van der Waals surface area contributed by atoms with Crippen molar-refractivity contribution in [1.29, 1.82) is 0 Å². The Hall–Kier alpha value is -2.43. The van der Waals surface area contributed by atoms with Crippen LogP contribution in [0.1, 0.15) is 0 Å². The number of nitrogens with one attached hydrogen (secondary N) is 1. The number of nitrogens with zero attached hydrogens (tertiary/aromatic N) is 3. The van der Waals surface area contributed by atoms with Crippen molar-refractivity contribution in [2.24, 2.45) is 10.7 Å². The minimum absolute atomic E-state index is 0. The summed E-state index contributed by atoms with van der Waals surface area (Å²) in [5.74, 6) is -0.753. The normalized spacial score (nSPS) is 14.4. The zero-order valence-corrected chi connectivity index (χ0v) is 17.5. The molecular weight excluding hydrogens is 479 g/mol. The molecule has 0 bridgehead atoms. The number of aliphatic imine (C=N–C) groups is 1. The molecule has 0 radical (unpaired) electrons. The molecule has 0 saturated carbocycles. The third-order valence-electron chi connectivity index (χ3n) is 4.29. The van der Waals surface area contributed by atoms with Crippen molar-refractivity contribution < 1.29 is 13.6 Å². The lowest BCUT2D eigenvalue weighted by atomic mass is 10.2. The van der Waals surface area contributed by atoms with Gasteiger partial charge in [-0.05, 0) is 42.5 Å². The molecule has 1 saturated heterocycles. The van der Waals surface area contributed by atoms with Crippen molar-refractivity contribution in [2.75, 3.05) is 42.9 Å². The van der Waals surface area contributed by atoms with Gasteiger partial charge in [0.15, 0.2) is 5.96 Å². The summed E-state index contributed by atoms with van der Waals surface area (Å²) in [4.78, 5) is 20.1. The molecule has 2 aromatic rings. The molecule has 3 N–H and O–H groups in total. The average Bonchev–Trinajstić information content (AvgIpc) is 2.67. The highest BCUT2D eigenvalue weighted by Gasteiger charge is 2.18. The molecule has 6 nitrogen and oxygen atoms in total. The maximum Gasteiger partial charge on any atom is 0.246 e. The summed E-state index contributed by atoms with van der Waals surface area (Å²) in [7, 11) is 0. The van der Waals surface area contributed by atoms with Crippen LogP contribution in [-0.2, 0) is 4.79 Å². The van der Waals surface area contributed by atoms with Gasteiger partial charge in [-0.1, -0.05) is 6.07 Å². The van der Waals surface area contributed by atoms with Crippen LogP contribution in [0.15, 0.2) is 53.5 Å². The number of amides is 1. The SMILES string of the molecule is I.NC(=NCC(=O)Nc1cccc(F)c1)N1CCN(c2ccc(F)cc2)CC1. The van der Waals surface area contributed by atoms with E-state index in [-0.39, 0.29) is 42.2 Å². The Balaban J connectivity index is 0.00000280. The van der Waals surface area contributed by atoms with Crippen molar-refractivity contribution in [3.8, 4) is 0 Å². The van der Waals surface area contributed by atoms with Crippen molar-refractivity contribution >= 4 is 47.2 Å². The first kappa shape index (κ1) is 21.9. The minimum Gasteiger partial charge on any atom is -0.370 e. The molecule has 1 fully saturated rings. The summed E-state index contributed by atoms with van der Waals surface area (Å²) >= 11 is 0. The fourth-order valence-electron chi connectivity index (χ4n) is 2.87. The van der Waals surface area contributed by atoms with Gasteiger partial charge in [0.1, 0.15) is 18.2 Å². The van der Waals surface area contributed by atoms with Gasteiger partial charge < -0.3 is 20.9 Å². The molecule has 28 heavy (non-hydrogen) atoms. The quantitative estimate of drug-likeness (QED) is 0.384. The van der Waals surface area contributed by atoms with Crippen LogP contribution in [0.4, 0.5) is 20.2 Å². The zero-order valence-electron chi connectivity index (χ0n) is 15.1. The summed E-state index contributed by atoms with van der Waals surface area (Å²) in [6.07, 6.45) is 0. The number of guanidine groups is 1. The van der Waals surface area contributed by atoms with Crippen molar-refractivity contribution in [3.63, 3.8) is 0 Å². The van der Waals surface area contributed by atoms with E-state index in [9.17, 15) is 13.6 Å². The summed E-state index contributed by atoms with van der Waals surface area (Å²) in [6.45, 7) is 2.60. The number of hydrogen-bond donors (Lipinski definition) is 2.